The summed E-state index contributed by atoms with van der Waals surface area (Å²) in [6, 6.07) is 0. The minimum absolute atomic E-state index is 0.00694. The highest BCUT2D eigenvalue weighted by atomic mass is 14.8. The lowest BCUT2D eigenvalue weighted by molar-refractivity contribution is 0.234. The Balaban J connectivity index is -0.000000132. The second-order valence-electron chi connectivity index (χ2n) is 14.7. The van der Waals surface area contributed by atoms with E-state index >= 15 is 0 Å². The SMILES string of the molecule is C=NC(C)(C)C(=C)C.C=NC(C)(C)C(=C)C.C=NC(C)(C)C(C)(C)C.C=NC(C)(C)C(C)(C)C.C=NC(C)=C(C)C. The molecule has 0 radical (unpaired) electrons. The highest BCUT2D eigenvalue weighted by Crippen LogP contribution is 2.32. The van der Waals surface area contributed by atoms with E-state index in [4.69, 9.17) is 0 Å². The van der Waals surface area contributed by atoms with E-state index in [-0.39, 0.29) is 33.0 Å². The van der Waals surface area contributed by atoms with Gasteiger partial charge in [-0.05, 0) is 134 Å². The van der Waals surface area contributed by atoms with Gasteiger partial charge >= 0.3 is 0 Å². The molecule has 0 amide bonds. The summed E-state index contributed by atoms with van der Waals surface area (Å²) in [7, 11) is 0. The average Bonchev–Trinajstić information content (AvgIpc) is 2.83. The van der Waals surface area contributed by atoms with Crippen LogP contribution in [0.2, 0.25) is 0 Å². The third-order valence-corrected chi connectivity index (χ3v) is 8.30. The Kier molecular flexibility index (Phi) is 23.1. The van der Waals surface area contributed by atoms with Crippen molar-refractivity contribution in [2.45, 2.75) is 154 Å². The number of nitrogens with zero attached hydrogens (tertiary/aromatic N) is 5. The van der Waals surface area contributed by atoms with Gasteiger partial charge in [-0.25, -0.2) is 0 Å². The van der Waals surface area contributed by atoms with Crippen molar-refractivity contribution in [1.82, 2.24) is 0 Å². The predicted octanol–water partition coefficient (Wildman–Crippen LogP) is 11.1. The Hall–Kier alpha value is -2.43. The van der Waals surface area contributed by atoms with Crippen molar-refractivity contribution in [3.05, 3.63) is 35.6 Å². The number of hydrogen-bond donors (Lipinski definition) is 0. The van der Waals surface area contributed by atoms with Crippen LogP contribution in [-0.2, 0) is 0 Å². The molecular formula is C36H71N5. The molecule has 0 aromatic carbocycles. The Morgan fingerprint density at radius 1 is 0.415 bits per heavy atom. The Bertz CT molecular complexity index is 816. The van der Waals surface area contributed by atoms with Crippen LogP contribution in [0, 0.1) is 10.8 Å². The zero-order chi connectivity index (χ0) is 34.8. The molecule has 41 heavy (non-hydrogen) atoms. The highest BCUT2D eigenvalue weighted by Gasteiger charge is 2.31. The number of allylic oxidation sites excluding steroid dienone is 2. The number of hydrogen-bond acceptors (Lipinski definition) is 5. The van der Waals surface area contributed by atoms with Crippen LogP contribution in [0.15, 0.2) is 60.5 Å². The first kappa shape index (κ1) is 48.3. The van der Waals surface area contributed by atoms with Gasteiger partial charge in [-0.15, -0.1) is 0 Å². The molecule has 0 bridgehead atoms. The van der Waals surface area contributed by atoms with Gasteiger partial charge in [0.2, 0.25) is 0 Å². The van der Waals surface area contributed by atoms with E-state index in [0.29, 0.717) is 0 Å². The Labute approximate surface area is 258 Å². The molecule has 5 heteroatoms. The smallest absolute Gasteiger partial charge is 0.0748 e. The lowest BCUT2D eigenvalue weighted by Crippen LogP contribution is -2.34. The molecule has 0 saturated heterocycles. The van der Waals surface area contributed by atoms with E-state index in [9.17, 15) is 0 Å². The molecule has 0 unspecified atom stereocenters. The first-order valence-corrected chi connectivity index (χ1v) is 14.2. The third-order valence-electron chi connectivity index (χ3n) is 8.30. The maximum atomic E-state index is 4.04. The molecule has 0 saturated carbocycles. The van der Waals surface area contributed by atoms with Gasteiger partial charge in [0.1, 0.15) is 0 Å². The van der Waals surface area contributed by atoms with Gasteiger partial charge in [0.25, 0.3) is 0 Å². The van der Waals surface area contributed by atoms with Crippen molar-refractivity contribution in [3.8, 4) is 0 Å². The molecule has 5 nitrogen and oxygen atoms in total. The summed E-state index contributed by atoms with van der Waals surface area (Å²) in [4.78, 5) is 19.5. The molecule has 0 aromatic rings. The van der Waals surface area contributed by atoms with Crippen molar-refractivity contribution >= 4 is 33.6 Å². The molecular weight excluding hydrogens is 502 g/mol. The van der Waals surface area contributed by atoms with Gasteiger partial charge in [0.05, 0.1) is 22.2 Å². The van der Waals surface area contributed by atoms with E-state index in [1.165, 1.54) is 5.57 Å². The Morgan fingerprint density at radius 2 is 0.634 bits per heavy atom. The van der Waals surface area contributed by atoms with Gasteiger partial charge in [0, 0.05) is 5.70 Å². The van der Waals surface area contributed by atoms with E-state index in [1.54, 1.807) is 0 Å². The first-order chi connectivity index (χ1) is 17.8. The molecule has 0 fully saturated rings. The van der Waals surface area contributed by atoms with Gasteiger partial charge in [-0.3, -0.25) is 25.0 Å². The van der Waals surface area contributed by atoms with E-state index < -0.39 is 0 Å². The van der Waals surface area contributed by atoms with Crippen LogP contribution in [0.4, 0.5) is 0 Å². The fraction of sp³-hybridized carbons (Fsp3) is 0.694. The second-order valence-corrected chi connectivity index (χ2v) is 14.7. The van der Waals surface area contributed by atoms with Crippen molar-refractivity contribution in [3.63, 3.8) is 0 Å². The molecule has 0 heterocycles. The summed E-state index contributed by atoms with van der Waals surface area (Å²) >= 11 is 0. The van der Waals surface area contributed by atoms with Crippen molar-refractivity contribution in [2.75, 3.05) is 0 Å². The zero-order valence-corrected chi connectivity index (χ0v) is 31.2. The zero-order valence-electron chi connectivity index (χ0n) is 31.2. The Morgan fingerprint density at radius 3 is 0.634 bits per heavy atom. The maximum Gasteiger partial charge on any atom is 0.0748 e. The molecule has 0 atom stereocenters. The molecule has 0 spiro atoms. The maximum absolute atomic E-state index is 4.04. The van der Waals surface area contributed by atoms with E-state index in [0.717, 1.165) is 16.8 Å². The molecule has 0 aliphatic rings. The topological polar surface area (TPSA) is 61.8 Å². The average molecular weight is 574 g/mol. The number of rotatable bonds is 7. The fourth-order valence-corrected chi connectivity index (χ4v) is 0.902. The first-order valence-electron chi connectivity index (χ1n) is 14.2. The summed E-state index contributed by atoms with van der Waals surface area (Å²) in [5.41, 5.74) is 4.50. The van der Waals surface area contributed by atoms with E-state index in [2.05, 4.69) is 141 Å². The minimum atomic E-state index is -0.139. The normalized spacial score (nSPS) is 11.5. The molecule has 0 rings (SSSR count). The second kappa shape index (κ2) is 19.6. The van der Waals surface area contributed by atoms with Crippen LogP contribution in [0.25, 0.3) is 0 Å². The molecule has 0 aromatic heterocycles. The van der Waals surface area contributed by atoms with Crippen LogP contribution < -0.4 is 0 Å². The number of aliphatic imine (C=N–C) groups is 5. The largest absolute Gasteiger partial charge is 0.294 e. The van der Waals surface area contributed by atoms with Gasteiger partial charge in [-0.2, -0.15) is 0 Å². The summed E-state index contributed by atoms with van der Waals surface area (Å²) in [5, 5.41) is 0. The van der Waals surface area contributed by atoms with Crippen molar-refractivity contribution in [2.24, 2.45) is 35.8 Å². The van der Waals surface area contributed by atoms with Crippen molar-refractivity contribution < 1.29 is 0 Å². The third kappa shape index (κ3) is 22.9. The summed E-state index contributed by atoms with van der Waals surface area (Å²) in [5.74, 6) is 0. The lowest BCUT2D eigenvalue weighted by Gasteiger charge is -2.34. The quantitative estimate of drug-likeness (QED) is 0.215. The van der Waals surface area contributed by atoms with Crippen LogP contribution >= 0.6 is 0 Å². The summed E-state index contributed by atoms with van der Waals surface area (Å²) < 4.78 is 0. The van der Waals surface area contributed by atoms with Crippen LogP contribution in [-0.4, -0.2) is 55.7 Å². The van der Waals surface area contributed by atoms with Gasteiger partial charge in [0.15, 0.2) is 0 Å². The summed E-state index contributed by atoms with van der Waals surface area (Å²) in [6.07, 6.45) is 0. The van der Waals surface area contributed by atoms with E-state index in [1.807, 2.05) is 62.3 Å². The predicted molar refractivity (Wildman–Crippen MR) is 197 cm³/mol. The standard InChI is InChI=1S/2C8H17N.2C7H13N.C6H11N/c2*1-7(2,3)8(4,5)9-6;2*1-6(2)7(3,4)8-5;1-5(2)6(3)7-4/h2*6H2,1-5H3;2*1,5H2,2-4H3;4H2,1-3H3. The molecule has 240 valence electrons. The van der Waals surface area contributed by atoms with Gasteiger partial charge < -0.3 is 0 Å². The molecule has 0 aliphatic carbocycles. The fourth-order valence-electron chi connectivity index (χ4n) is 0.902. The lowest BCUT2D eigenvalue weighted by atomic mass is 9.77. The monoisotopic (exact) mass is 574 g/mol. The summed E-state index contributed by atoms with van der Waals surface area (Å²) in [6.45, 7) is 64.1. The molecule has 0 N–H and O–H groups in total. The minimum Gasteiger partial charge on any atom is -0.294 e. The van der Waals surface area contributed by atoms with Crippen LogP contribution in [0.1, 0.15) is 132 Å². The molecule has 0 aliphatic heterocycles. The van der Waals surface area contributed by atoms with Crippen LogP contribution in [0.5, 0.6) is 0 Å². The highest BCUT2D eigenvalue weighted by molar-refractivity contribution is 5.30. The van der Waals surface area contributed by atoms with Gasteiger partial charge in [-0.1, -0.05) is 71.4 Å². The van der Waals surface area contributed by atoms with Crippen LogP contribution in [0.3, 0.4) is 0 Å². The van der Waals surface area contributed by atoms with Crippen molar-refractivity contribution in [1.29, 1.82) is 0 Å².